The number of pyridine rings is 2. The van der Waals surface area contributed by atoms with Crippen molar-refractivity contribution in [2.75, 3.05) is 48.2 Å². The largest absolute Gasteiger partial charge is 0.378 e. The molecule has 0 atom stereocenters. The average Bonchev–Trinajstić information content (AvgIpc) is 3.69. The van der Waals surface area contributed by atoms with Crippen LogP contribution in [0.2, 0.25) is 0 Å². The van der Waals surface area contributed by atoms with E-state index in [9.17, 15) is 4.79 Å². The standard InChI is InChI=1S/C23H25N9O2/c1-2-24-22-20-16(11-18(28-29-20)26-23(33)14-3-4-14)17(12-25-22)21-27-19-6-5-15(13-32(19)30-21)31-7-9-34-10-8-31/h5-6,11-14H,2-4,7-10H2,1H3,(H,24,25)(H,26,28,33)/i1D3,7D2,8D2,9D2,10D2. The minimum absolute atomic E-state index is 0.0677. The molecule has 174 valence electrons. The van der Waals surface area contributed by atoms with Gasteiger partial charge in [-0.1, -0.05) is 0 Å². The van der Waals surface area contributed by atoms with Crippen LogP contribution in [0.3, 0.4) is 0 Å². The van der Waals surface area contributed by atoms with E-state index in [0.29, 0.717) is 15.8 Å². The highest BCUT2D eigenvalue weighted by Crippen LogP contribution is 2.32. The van der Waals surface area contributed by atoms with Crippen LogP contribution in [0.1, 0.15) is 34.8 Å². The molecule has 4 aromatic heterocycles. The highest BCUT2D eigenvalue weighted by molar-refractivity contribution is 6.01. The van der Waals surface area contributed by atoms with Gasteiger partial charge in [0.2, 0.25) is 5.91 Å². The molecule has 0 bridgehead atoms. The Morgan fingerprint density at radius 2 is 2.18 bits per heavy atom. The highest BCUT2D eigenvalue weighted by atomic mass is 16.5. The molecule has 2 N–H and O–H groups in total. The maximum absolute atomic E-state index is 12.4. The number of hydrogen-bond acceptors (Lipinski definition) is 9. The third kappa shape index (κ3) is 3.87. The van der Waals surface area contributed by atoms with Gasteiger partial charge in [0.25, 0.3) is 0 Å². The van der Waals surface area contributed by atoms with E-state index in [2.05, 4.69) is 40.6 Å². The molecule has 2 aliphatic rings. The van der Waals surface area contributed by atoms with Crippen LogP contribution in [0.4, 0.5) is 17.3 Å². The quantitative estimate of drug-likeness (QED) is 0.437. The maximum atomic E-state index is 12.4. The number of carbonyl (C=O) groups is 1. The SMILES string of the molecule is [2H]C([2H])([2H])CNc1ncc(-c2nc3ccc(N4C([2H])([2H])C([2H])([2H])OC([2H])([2H])C4([2H])[2H])cn3n2)c2cc(NC(=O)C3CC3)nnc12. The van der Waals surface area contributed by atoms with Gasteiger partial charge < -0.3 is 20.3 Å². The number of fused-ring (bicyclic) bond motifs is 2. The summed E-state index contributed by atoms with van der Waals surface area (Å²) in [6.45, 7) is -15.5. The molecule has 11 nitrogen and oxygen atoms in total. The Morgan fingerprint density at radius 1 is 1.29 bits per heavy atom. The molecule has 1 saturated carbocycles. The highest BCUT2D eigenvalue weighted by Gasteiger charge is 2.30. The first-order valence-electron chi connectivity index (χ1n) is 15.9. The molecule has 0 unspecified atom stereocenters. The van der Waals surface area contributed by atoms with Gasteiger partial charge in [-0.3, -0.25) is 4.79 Å². The molecule has 6 rings (SSSR count). The van der Waals surface area contributed by atoms with Gasteiger partial charge in [-0.15, -0.1) is 15.3 Å². The number of anilines is 3. The number of nitrogens with one attached hydrogen (secondary N) is 2. The first kappa shape index (κ1) is 12.0. The lowest BCUT2D eigenvalue weighted by Crippen LogP contribution is -2.36. The number of rotatable bonds is 6. The van der Waals surface area contributed by atoms with Crippen molar-refractivity contribution in [3.8, 4) is 11.4 Å². The molecule has 1 saturated heterocycles. The van der Waals surface area contributed by atoms with E-state index in [-0.39, 0.29) is 46.1 Å². The molecule has 4 aromatic rings. The molecule has 5 heterocycles. The van der Waals surface area contributed by atoms with Gasteiger partial charge in [0.05, 0.1) is 36.0 Å². The van der Waals surface area contributed by atoms with Crippen molar-refractivity contribution >= 4 is 39.8 Å². The summed E-state index contributed by atoms with van der Waals surface area (Å²) in [5.41, 5.74) is 0.417. The van der Waals surface area contributed by atoms with Gasteiger partial charge in [0.15, 0.2) is 23.1 Å². The fourth-order valence-corrected chi connectivity index (χ4v) is 3.50. The smallest absolute Gasteiger partial charge is 0.228 e. The average molecular weight is 471 g/mol. The number of carbonyl (C=O) groups excluding carboxylic acids is 1. The summed E-state index contributed by atoms with van der Waals surface area (Å²) in [4.78, 5) is 21.5. The van der Waals surface area contributed by atoms with Crippen molar-refractivity contribution in [3.05, 3.63) is 30.6 Å². The molecule has 0 spiro atoms. The molecular weight excluding hydrogens is 434 g/mol. The van der Waals surface area contributed by atoms with Crippen molar-refractivity contribution in [1.82, 2.24) is 29.8 Å². The number of amides is 1. The number of aromatic nitrogens is 6. The predicted octanol–water partition coefficient (Wildman–Crippen LogP) is 2.35. The Balaban J connectivity index is 1.44. The summed E-state index contributed by atoms with van der Waals surface area (Å²) in [5, 5.41) is 18.5. The van der Waals surface area contributed by atoms with Gasteiger partial charge in [-0.2, -0.15) is 0 Å². The Bertz CT molecular complexity index is 1800. The van der Waals surface area contributed by atoms with Crippen LogP contribution in [0.15, 0.2) is 30.6 Å². The van der Waals surface area contributed by atoms with Crippen LogP contribution >= 0.6 is 0 Å². The summed E-state index contributed by atoms with van der Waals surface area (Å²) in [7, 11) is 0. The minimum atomic E-state index is -3.24. The number of hydrogen-bond donors (Lipinski definition) is 2. The maximum Gasteiger partial charge on any atom is 0.228 e. The fourth-order valence-electron chi connectivity index (χ4n) is 3.50. The van der Waals surface area contributed by atoms with E-state index in [4.69, 9.17) is 15.1 Å². The lowest BCUT2D eigenvalue weighted by Gasteiger charge is -2.28. The van der Waals surface area contributed by atoms with Crippen LogP contribution in [-0.4, -0.2) is 68.3 Å². The third-order valence-corrected chi connectivity index (χ3v) is 5.32. The topological polar surface area (TPSA) is 122 Å². The molecule has 1 aliphatic heterocycles. The summed E-state index contributed by atoms with van der Waals surface area (Å²) < 4.78 is 93.5. The van der Waals surface area contributed by atoms with Crippen molar-refractivity contribution < 1.29 is 24.6 Å². The second-order valence-corrected chi connectivity index (χ2v) is 7.62. The second-order valence-electron chi connectivity index (χ2n) is 7.62. The second kappa shape index (κ2) is 8.49. The Hall–Kier alpha value is -3.86. The van der Waals surface area contributed by atoms with Gasteiger partial charge in [-0.25, -0.2) is 14.5 Å². The number of nitrogens with zero attached hydrogens (tertiary/aromatic N) is 7. The van der Waals surface area contributed by atoms with Gasteiger partial charge in [0.1, 0.15) is 5.52 Å². The lowest BCUT2D eigenvalue weighted by atomic mass is 10.1. The molecule has 0 radical (unpaired) electrons. The minimum Gasteiger partial charge on any atom is -0.378 e. The fraction of sp³-hybridized carbons (Fsp3) is 0.391. The van der Waals surface area contributed by atoms with Crippen molar-refractivity contribution in [3.63, 3.8) is 0 Å². The first-order chi connectivity index (χ1) is 20.8. The van der Waals surface area contributed by atoms with Crippen molar-refractivity contribution in [1.29, 1.82) is 0 Å². The van der Waals surface area contributed by atoms with E-state index in [1.165, 1.54) is 35.1 Å². The summed E-state index contributed by atoms with van der Waals surface area (Å²) in [5.74, 6) is -0.00323. The van der Waals surface area contributed by atoms with Gasteiger partial charge in [-0.05, 0) is 37.9 Å². The predicted molar refractivity (Wildman–Crippen MR) is 128 cm³/mol. The van der Waals surface area contributed by atoms with E-state index >= 15 is 0 Å². The van der Waals surface area contributed by atoms with Crippen LogP contribution in [0.25, 0.3) is 27.9 Å². The Labute approximate surface area is 211 Å². The van der Waals surface area contributed by atoms with E-state index in [1.54, 1.807) is 0 Å². The van der Waals surface area contributed by atoms with Crippen molar-refractivity contribution in [2.45, 2.75) is 19.7 Å². The molecule has 2 fully saturated rings. The van der Waals surface area contributed by atoms with E-state index in [1.807, 2.05) is 0 Å². The number of morpholine rings is 1. The Kier molecular flexibility index (Phi) is 3.00. The van der Waals surface area contributed by atoms with Crippen LogP contribution in [-0.2, 0) is 9.53 Å². The normalized spacial score (nSPS) is 27.3. The molecular formula is C23H25N9O2. The van der Waals surface area contributed by atoms with Crippen LogP contribution < -0.4 is 15.5 Å². The van der Waals surface area contributed by atoms with Crippen LogP contribution in [0, 0.1) is 5.92 Å². The van der Waals surface area contributed by atoms with Crippen LogP contribution in [0.5, 0.6) is 0 Å². The Morgan fingerprint density at radius 3 is 3.00 bits per heavy atom. The van der Waals surface area contributed by atoms with Crippen molar-refractivity contribution in [2.24, 2.45) is 5.92 Å². The molecule has 11 heteroatoms. The van der Waals surface area contributed by atoms with E-state index < -0.39 is 39.5 Å². The van der Waals surface area contributed by atoms with Gasteiger partial charge >= 0.3 is 0 Å². The first-order valence-corrected chi connectivity index (χ1v) is 10.4. The molecule has 1 aliphatic carbocycles. The zero-order chi connectivity index (χ0) is 32.7. The van der Waals surface area contributed by atoms with Gasteiger partial charge in [0, 0.05) is 46.7 Å². The summed E-state index contributed by atoms with van der Waals surface area (Å²) in [6, 6.07) is 4.13. The monoisotopic (exact) mass is 470 g/mol. The summed E-state index contributed by atoms with van der Waals surface area (Å²) in [6.07, 6.45) is 4.07. The molecule has 1 amide bonds. The third-order valence-electron chi connectivity index (χ3n) is 5.32. The van der Waals surface area contributed by atoms with E-state index in [0.717, 1.165) is 12.8 Å². The molecule has 34 heavy (non-hydrogen) atoms. The summed E-state index contributed by atoms with van der Waals surface area (Å²) >= 11 is 0. The number of ether oxygens (including phenoxy) is 1. The lowest BCUT2D eigenvalue weighted by molar-refractivity contribution is -0.117. The molecule has 0 aromatic carbocycles. The zero-order valence-corrected chi connectivity index (χ0v) is 17.5. The zero-order valence-electron chi connectivity index (χ0n) is 28.5.